The Morgan fingerprint density at radius 3 is 3.05 bits per heavy atom. The zero-order chi connectivity index (χ0) is 15.4. The van der Waals surface area contributed by atoms with Crippen molar-refractivity contribution in [2.75, 3.05) is 25.5 Å². The van der Waals surface area contributed by atoms with Crippen LogP contribution in [0.4, 0.5) is 5.95 Å². The van der Waals surface area contributed by atoms with Gasteiger partial charge in [-0.1, -0.05) is 34.1 Å². The van der Waals surface area contributed by atoms with Crippen LogP contribution in [0, 0.1) is 0 Å². The maximum Gasteiger partial charge on any atom is 0.226 e. The highest BCUT2D eigenvalue weighted by Crippen LogP contribution is 2.21. The summed E-state index contributed by atoms with van der Waals surface area (Å²) in [5.74, 6) is 1.22. The van der Waals surface area contributed by atoms with Gasteiger partial charge in [0, 0.05) is 42.4 Å². The fourth-order valence-corrected chi connectivity index (χ4v) is 3.08. The molecule has 3 rings (SSSR count). The highest BCUT2D eigenvalue weighted by Gasteiger charge is 2.23. The molecule has 0 aliphatic carbocycles. The van der Waals surface area contributed by atoms with Gasteiger partial charge in [-0.25, -0.2) is 4.98 Å². The standard InChI is InChI=1S/C16H19BrN4O/c1-22-15-6-8-18-16(20-15)19-13-7-9-21(11-13)10-12-4-2-3-5-14(12)17/h2-6,8,13H,7,9-11H2,1H3,(H,18,19,20). The fourth-order valence-electron chi connectivity index (χ4n) is 2.67. The summed E-state index contributed by atoms with van der Waals surface area (Å²) in [7, 11) is 1.61. The lowest BCUT2D eigenvalue weighted by Gasteiger charge is -2.17. The number of nitrogens with zero attached hydrogens (tertiary/aromatic N) is 3. The highest BCUT2D eigenvalue weighted by molar-refractivity contribution is 9.10. The van der Waals surface area contributed by atoms with E-state index in [1.165, 1.54) is 10.0 Å². The first-order chi connectivity index (χ1) is 10.7. The third-order valence-corrected chi connectivity index (χ3v) is 4.57. The Kier molecular flexibility index (Phi) is 4.90. The van der Waals surface area contributed by atoms with Gasteiger partial charge in [-0.15, -0.1) is 0 Å². The normalized spacial score (nSPS) is 18.4. The van der Waals surface area contributed by atoms with E-state index in [-0.39, 0.29) is 0 Å². The summed E-state index contributed by atoms with van der Waals surface area (Å²) < 4.78 is 6.29. The molecule has 0 radical (unpaired) electrons. The molecule has 1 aliphatic heterocycles. The van der Waals surface area contributed by atoms with Crippen molar-refractivity contribution in [2.24, 2.45) is 0 Å². The second-order valence-corrected chi connectivity index (χ2v) is 6.23. The Morgan fingerprint density at radius 2 is 2.23 bits per heavy atom. The minimum atomic E-state index is 0.370. The minimum Gasteiger partial charge on any atom is -0.481 e. The summed E-state index contributed by atoms with van der Waals surface area (Å²) in [6, 6.07) is 10.5. The molecule has 1 saturated heterocycles. The van der Waals surface area contributed by atoms with Crippen LogP contribution >= 0.6 is 15.9 Å². The van der Waals surface area contributed by atoms with E-state index in [0.29, 0.717) is 17.9 Å². The lowest BCUT2D eigenvalue weighted by molar-refractivity contribution is 0.328. The maximum atomic E-state index is 5.13. The fraction of sp³-hybridized carbons (Fsp3) is 0.375. The molecule has 1 N–H and O–H groups in total. The highest BCUT2D eigenvalue weighted by atomic mass is 79.9. The molecule has 1 aromatic carbocycles. The summed E-state index contributed by atoms with van der Waals surface area (Å²) in [6.45, 7) is 3.02. The Bertz CT molecular complexity index is 637. The van der Waals surface area contributed by atoms with Gasteiger partial charge in [0.1, 0.15) is 0 Å². The number of methoxy groups -OCH3 is 1. The molecule has 0 amide bonds. The number of hydrogen-bond donors (Lipinski definition) is 1. The molecule has 1 fully saturated rings. The van der Waals surface area contributed by atoms with Gasteiger partial charge in [-0.05, 0) is 18.1 Å². The predicted octanol–water partition coefficient (Wildman–Crippen LogP) is 2.93. The van der Waals surface area contributed by atoms with E-state index >= 15 is 0 Å². The lowest BCUT2D eigenvalue weighted by atomic mass is 10.2. The molecule has 2 aromatic rings. The van der Waals surface area contributed by atoms with Gasteiger partial charge in [-0.2, -0.15) is 4.98 Å². The van der Waals surface area contributed by atoms with Crippen LogP contribution in [-0.2, 0) is 6.54 Å². The number of rotatable bonds is 5. The molecule has 116 valence electrons. The average molecular weight is 363 g/mol. The summed E-state index contributed by atoms with van der Waals surface area (Å²) >= 11 is 3.61. The van der Waals surface area contributed by atoms with Crippen molar-refractivity contribution in [2.45, 2.75) is 19.0 Å². The Morgan fingerprint density at radius 1 is 1.36 bits per heavy atom. The first-order valence-electron chi connectivity index (χ1n) is 7.34. The molecule has 0 saturated carbocycles. The number of benzene rings is 1. The van der Waals surface area contributed by atoms with Crippen molar-refractivity contribution >= 4 is 21.9 Å². The second-order valence-electron chi connectivity index (χ2n) is 5.38. The van der Waals surface area contributed by atoms with Gasteiger partial charge in [0.05, 0.1) is 7.11 Å². The summed E-state index contributed by atoms with van der Waals surface area (Å²) in [5.41, 5.74) is 1.32. The quantitative estimate of drug-likeness (QED) is 0.885. The van der Waals surface area contributed by atoms with Crippen molar-refractivity contribution in [1.29, 1.82) is 0 Å². The van der Waals surface area contributed by atoms with Crippen molar-refractivity contribution in [3.05, 3.63) is 46.6 Å². The number of hydrogen-bond acceptors (Lipinski definition) is 5. The van der Waals surface area contributed by atoms with Crippen LogP contribution in [0.2, 0.25) is 0 Å². The van der Waals surface area contributed by atoms with Crippen LogP contribution in [0.3, 0.4) is 0 Å². The largest absolute Gasteiger partial charge is 0.481 e. The van der Waals surface area contributed by atoms with Gasteiger partial charge < -0.3 is 10.1 Å². The van der Waals surface area contributed by atoms with Crippen LogP contribution in [0.1, 0.15) is 12.0 Å². The molecule has 2 heterocycles. The molecule has 1 unspecified atom stereocenters. The first kappa shape index (κ1) is 15.2. The molecule has 1 aliphatic rings. The van der Waals surface area contributed by atoms with Crippen LogP contribution in [0.25, 0.3) is 0 Å². The Hall–Kier alpha value is -1.66. The van der Waals surface area contributed by atoms with Gasteiger partial charge in [0.25, 0.3) is 0 Å². The molecule has 6 heteroatoms. The molecular weight excluding hydrogens is 344 g/mol. The number of nitrogens with one attached hydrogen (secondary N) is 1. The molecule has 1 aromatic heterocycles. The van der Waals surface area contributed by atoms with Gasteiger partial charge >= 0.3 is 0 Å². The first-order valence-corrected chi connectivity index (χ1v) is 8.13. The molecule has 5 nitrogen and oxygen atoms in total. The zero-order valence-corrected chi connectivity index (χ0v) is 14.1. The van der Waals surface area contributed by atoms with E-state index in [0.717, 1.165) is 26.1 Å². The van der Waals surface area contributed by atoms with Gasteiger partial charge in [0.15, 0.2) is 0 Å². The number of aromatic nitrogens is 2. The maximum absolute atomic E-state index is 5.13. The SMILES string of the molecule is COc1ccnc(NC2CCN(Cc3ccccc3Br)C2)n1. The third kappa shape index (κ3) is 3.75. The number of ether oxygens (including phenoxy) is 1. The molecule has 1 atom stereocenters. The smallest absolute Gasteiger partial charge is 0.226 e. The van der Waals surface area contributed by atoms with Crippen molar-refractivity contribution in [3.8, 4) is 5.88 Å². The monoisotopic (exact) mass is 362 g/mol. The van der Waals surface area contributed by atoms with Crippen LogP contribution in [0.5, 0.6) is 5.88 Å². The summed E-state index contributed by atoms with van der Waals surface area (Å²) in [5, 5.41) is 3.39. The van der Waals surface area contributed by atoms with E-state index in [1.54, 1.807) is 19.4 Å². The van der Waals surface area contributed by atoms with Crippen molar-refractivity contribution < 1.29 is 4.74 Å². The number of halogens is 1. The minimum absolute atomic E-state index is 0.370. The van der Waals surface area contributed by atoms with Gasteiger partial charge in [-0.3, -0.25) is 4.90 Å². The van der Waals surface area contributed by atoms with Crippen molar-refractivity contribution in [3.63, 3.8) is 0 Å². The van der Waals surface area contributed by atoms with Crippen LogP contribution in [-0.4, -0.2) is 41.1 Å². The van der Waals surface area contributed by atoms with E-state index in [1.807, 2.05) is 6.07 Å². The molecule has 0 spiro atoms. The lowest BCUT2D eigenvalue weighted by Crippen LogP contribution is -2.26. The van der Waals surface area contributed by atoms with Crippen LogP contribution < -0.4 is 10.1 Å². The second kappa shape index (κ2) is 7.07. The topological polar surface area (TPSA) is 50.3 Å². The third-order valence-electron chi connectivity index (χ3n) is 3.80. The van der Waals surface area contributed by atoms with E-state index in [4.69, 9.17) is 4.74 Å². The van der Waals surface area contributed by atoms with Gasteiger partial charge in [0.2, 0.25) is 11.8 Å². The van der Waals surface area contributed by atoms with Crippen LogP contribution in [0.15, 0.2) is 41.0 Å². The molecule has 22 heavy (non-hydrogen) atoms. The van der Waals surface area contributed by atoms with E-state index in [9.17, 15) is 0 Å². The summed E-state index contributed by atoms with van der Waals surface area (Å²) in [4.78, 5) is 11.0. The average Bonchev–Trinajstić information content (AvgIpc) is 2.97. The number of anilines is 1. The molecule has 0 bridgehead atoms. The Labute approximate surface area is 138 Å². The summed E-state index contributed by atoms with van der Waals surface area (Å²) in [6.07, 6.45) is 2.80. The zero-order valence-electron chi connectivity index (χ0n) is 12.5. The molecular formula is C16H19BrN4O. The van der Waals surface area contributed by atoms with Crippen molar-refractivity contribution in [1.82, 2.24) is 14.9 Å². The van der Waals surface area contributed by atoms with E-state index < -0.39 is 0 Å². The van der Waals surface area contributed by atoms with E-state index in [2.05, 4.69) is 54.3 Å². The Balaban J connectivity index is 1.57. The predicted molar refractivity (Wildman–Crippen MR) is 90.0 cm³/mol. The number of likely N-dealkylation sites (tertiary alicyclic amines) is 1.